The van der Waals surface area contributed by atoms with Crippen molar-refractivity contribution < 1.29 is 9.47 Å². The molecule has 2 aliphatic heterocycles. The van der Waals surface area contributed by atoms with E-state index < -0.39 is 0 Å². The van der Waals surface area contributed by atoms with E-state index >= 15 is 0 Å². The fraction of sp³-hybridized carbons (Fsp3) is 0.591. The van der Waals surface area contributed by atoms with Crippen LogP contribution in [-0.4, -0.2) is 67.4 Å². The summed E-state index contributed by atoms with van der Waals surface area (Å²) in [4.78, 5) is 10.7. The van der Waals surface area contributed by atoms with Gasteiger partial charge in [-0.3, -0.25) is 4.99 Å². The minimum absolute atomic E-state index is 0. The molecule has 3 heterocycles. The summed E-state index contributed by atoms with van der Waals surface area (Å²) in [6.45, 7) is 9.25. The molecule has 0 bridgehead atoms. The summed E-state index contributed by atoms with van der Waals surface area (Å²) in [5, 5.41) is 4.80. The molecule has 160 valence electrons. The Labute approximate surface area is 190 Å². The molecule has 4 rings (SSSR count). The Balaban J connectivity index is 0.00000240. The number of aromatic amines is 1. The molecule has 7 heteroatoms. The van der Waals surface area contributed by atoms with Gasteiger partial charge in [-0.2, -0.15) is 0 Å². The van der Waals surface area contributed by atoms with E-state index in [1.54, 1.807) is 0 Å². The van der Waals surface area contributed by atoms with Crippen molar-refractivity contribution in [3.8, 4) is 0 Å². The highest BCUT2D eigenvalue weighted by Gasteiger charge is 2.32. The van der Waals surface area contributed by atoms with Gasteiger partial charge in [0.15, 0.2) is 5.96 Å². The molecule has 0 amide bonds. The molecule has 1 aromatic carbocycles. The summed E-state index contributed by atoms with van der Waals surface area (Å²) in [6, 6.07) is 6.41. The molecular formula is C22H33IN4O2. The number of halogens is 1. The molecule has 0 saturated carbocycles. The standard InChI is InChI=1S/C22H32N4O2.HI/c1-3-23-22(26-11-13-28-20(15-26)19-8-5-12-27-19)24-10-9-17-14-25-18-7-4-6-16(2)21(17)18;/h4,6-7,14,19-20,25H,3,5,8-13,15H2,1-2H3,(H,23,24);1H. The minimum atomic E-state index is 0. The number of hydrogen-bond donors (Lipinski definition) is 2. The van der Waals surface area contributed by atoms with Crippen molar-refractivity contribution in [1.29, 1.82) is 0 Å². The van der Waals surface area contributed by atoms with Crippen molar-refractivity contribution >= 4 is 40.8 Å². The number of ether oxygens (including phenoxy) is 2. The fourth-order valence-electron chi connectivity index (χ4n) is 4.35. The van der Waals surface area contributed by atoms with E-state index in [2.05, 4.69) is 53.4 Å². The second kappa shape index (κ2) is 10.6. The maximum absolute atomic E-state index is 5.99. The normalized spacial score (nSPS) is 22.7. The van der Waals surface area contributed by atoms with Crippen molar-refractivity contribution in [3.05, 3.63) is 35.5 Å². The zero-order valence-electron chi connectivity index (χ0n) is 17.4. The molecule has 0 radical (unpaired) electrons. The summed E-state index contributed by atoms with van der Waals surface area (Å²) in [7, 11) is 0. The summed E-state index contributed by atoms with van der Waals surface area (Å²) in [5.41, 5.74) is 3.86. The van der Waals surface area contributed by atoms with Crippen LogP contribution >= 0.6 is 24.0 Å². The molecule has 2 atom stereocenters. The highest BCUT2D eigenvalue weighted by Crippen LogP contribution is 2.23. The molecule has 2 aliphatic rings. The van der Waals surface area contributed by atoms with Crippen molar-refractivity contribution in [2.75, 3.05) is 39.4 Å². The monoisotopic (exact) mass is 512 g/mol. The lowest BCUT2D eigenvalue weighted by atomic mass is 10.1. The topological polar surface area (TPSA) is 61.9 Å². The molecule has 2 saturated heterocycles. The third-order valence-electron chi connectivity index (χ3n) is 5.75. The Bertz CT molecular complexity index is 816. The van der Waals surface area contributed by atoms with Gasteiger partial charge in [-0.25, -0.2) is 0 Å². The lowest BCUT2D eigenvalue weighted by molar-refractivity contribution is -0.0817. The first-order chi connectivity index (χ1) is 13.8. The Kier molecular flexibility index (Phi) is 8.20. The molecule has 29 heavy (non-hydrogen) atoms. The summed E-state index contributed by atoms with van der Waals surface area (Å²) in [5.74, 6) is 0.991. The zero-order chi connectivity index (χ0) is 19.3. The highest BCUT2D eigenvalue weighted by atomic mass is 127. The maximum atomic E-state index is 5.99. The molecular weight excluding hydrogens is 479 g/mol. The number of aromatic nitrogens is 1. The number of aryl methyl sites for hydroxylation is 1. The molecule has 2 N–H and O–H groups in total. The Morgan fingerprint density at radius 3 is 2.93 bits per heavy atom. The third-order valence-corrected chi connectivity index (χ3v) is 5.75. The van der Waals surface area contributed by atoms with E-state index in [0.29, 0.717) is 0 Å². The highest BCUT2D eigenvalue weighted by molar-refractivity contribution is 14.0. The largest absolute Gasteiger partial charge is 0.375 e. The van der Waals surface area contributed by atoms with Gasteiger partial charge in [0.1, 0.15) is 6.10 Å². The molecule has 2 unspecified atom stereocenters. The van der Waals surface area contributed by atoms with Crippen LogP contribution in [0.15, 0.2) is 29.4 Å². The molecule has 2 fully saturated rings. The maximum Gasteiger partial charge on any atom is 0.194 e. The Morgan fingerprint density at radius 1 is 1.28 bits per heavy atom. The SMILES string of the molecule is CCNC(=NCCc1c[nH]c2cccc(C)c12)N1CCOC(C2CCCO2)C1.I. The zero-order valence-corrected chi connectivity index (χ0v) is 19.8. The number of nitrogens with one attached hydrogen (secondary N) is 2. The van der Waals surface area contributed by atoms with Crippen LogP contribution < -0.4 is 5.32 Å². The first-order valence-corrected chi connectivity index (χ1v) is 10.6. The minimum Gasteiger partial charge on any atom is -0.375 e. The van der Waals surface area contributed by atoms with Crippen LogP contribution in [0.3, 0.4) is 0 Å². The van der Waals surface area contributed by atoms with Gasteiger partial charge >= 0.3 is 0 Å². The van der Waals surface area contributed by atoms with Crippen LogP contribution in [0.25, 0.3) is 10.9 Å². The number of aliphatic imine (C=N–C) groups is 1. The van der Waals surface area contributed by atoms with Gasteiger partial charge in [0.05, 0.1) is 12.7 Å². The van der Waals surface area contributed by atoms with E-state index in [-0.39, 0.29) is 36.2 Å². The van der Waals surface area contributed by atoms with E-state index in [1.165, 1.54) is 22.0 Å². The first-order valence-electron chi connectivity index (χ1n) is 10.6. The van der Waals surface area contributed by atoms with Crippen LogP contribution in [0.1, 0.15) is 30.9 Å². The van der Waals surface area contributed by atoms with E-state index in [1.807, 2.05) is 0 Å². The van der Waals surface area contributed by atoms with Gasteiger partial charge < -0.3 is 24.7 Å². The number of morpholine rings is 1. The first kappa shape index (κ1) is 22.4. The van der Waals surface area contributed by atoms with Crippen molar-refractivity contribution in [1.82, 2.24) is 15.2 Å². The van der Waals surface area contributed by atoms with E-state index in [0.717, 1.165) is 64.6 Å². The van der Waals surface area contributed by atoms with Gasteiger partial charge in [-0.1, -0.05) is 12.1 Å². The van der Waals surface area contributed by atoms with Gasteiger partial charge in [0.25, 0.3) is 0 Å². The van der Waals surface area contributed by atoms with Crippen LogP contribution in [0.4, 0.5) is 0 Å². The number of hydrogen-bond acceptors (Lipinski definition) is 3. The molecule has 0 aliphatic carbocycles. The molecule has 6 nitrogen and oxygen atoms in total. The van der Waals surface area contributed by atoms with Crippen LogP contribution in [0.2, 0.25) is 0 Å². The summed E-state index contributed by atoms with van der Waals surface area (Å²) in [6.07, 6.45) is 5.69. The predicted octanol–water partition coefficient (Wildman–Crippen LogP) is 3.48. The van der Waals surface area contributed by atoms with Crippen LogP contribution in [0, 0.1) is 6.92 Å². The van der Waals surface area contributed by atoms with Gasteiger partial charge in [-0.05, 0) is 50.3 Å². The lowest BCUT2D eigenvalue weighted by Gasteiger charge is -2.37. The smallest absolute Gasteiger partial charge is 0.194 e. The summed E-state index contributed by atoms with van der Waals surface area (Å²) >= 11 is 0. The predicted molar refractivity (Wildman–Crippen MR) is 128 cm³/mol. The Morgan fingerprint density at radius 2 is 2.14 bits per heavy atom. The average Bonchev–Trinajstić information content (AvgIpc) is 3.38. The van der Waals surface area contributed by atoms with Crippen LogP contribution in [-0.2, 0) is 15.9 Å². The van der Waals surface area contributed by atoms with Crippen LogP contribution in [0.5, 0.6) is 0 Å². The molecule has 1 aromatic heterocycles. The molecule has 2 aromatic rings. The Hall–Kier alpha value is -1.32. The second-order valence-electron chi connectivity index (χ2n) is 7.70. The van der Waals surface area contributed by atoms with Crippen molar-refractivity contribution in [2.24, 2.45) is 4.99 Å². The number of H-pyrrole nitrogens is 1. The van der Waals surface area contributed by atoms with Crippen molar-refractivity contribution in [3.63, 3.8) is 0 Å². The lowest BCUT2D eigenvalue weighted by Crippen LogP contribution is -2.53. The third kappa shape index (κ3) is 5.24. The second-order valence-corrected chi connectivity index (χ2v) is 7.70. The van der Waals surface area contributed by atoms with E-state index in [9.17, 15) is 0 Å². The van der Waals surface area contributed by atoms with Gasteiger partial charge in [-0.15, -0.1) is 24.0 Å². The number of rotatable bonds is 5. The molecule has 0 spiro atoms. The van der Waals surface area contributed by atoms with Gasteiger partial charge in [0, 0.05) is 49.9 Å². The number of nitrogens with zero attached hydrogens (tertiary/aromatic N) is 2. The number of fused-ring (bicyclic) bond motifs is 1. The average molecular weight is 512 g/mol. The van der Waals surface area contributed by atoms with Gasteiger partial charge in [0.2, 0.25) is 0 Å². The van der Waals surface area contributed by atoms with Crippen molar-refractivity contribution in [2.45, 2.75) is 45.3 Å². The fourth-order valence-corrected chi connectivity index (χ4v) is 4.35. The quantitative estimate of drug-likeness (QED) is 0.366. The number of guanidine groups is 1. The summed E-state index contributed by atoms with van der Waals surface area (Å²) < 4.78 is 11.8. The number of benzene rings is 1. The van der Waals surface area contributed by atoms with E-state index in [4.69, 9.17) is 14.5 Å².